The number of rotatable bonds is 4. The Bertz CT molecular complexity index is 555. The molecule has 2 aliphatic carbocycles. The van der Waals surface area contributed by atoms with Gasteiger partial charge in [0.1, 0.15) is 0 Å². The minimum atomic E-state index is -0.180. The van der Waals surface area contributed by atoms with Crippen molar-refractivity contribution < 1.29 is 9.84 Å². The van der Waals surface area contributed by atoms with Gasteiger partial charge in [-0.25, -0.2) is 0 Å². The first kappa shape index (κ1) is 16.6. The summed E-state index contributed by atoms with van der Waals surface area (Å²) in [6.07, 6.45) is 12.3. The van der Waals surface area contributed by atoms with Crippen LogP contribution >= 0.6 is 0 Å². The summed E-state index contributed by atoms with van der Waals surface area (Å²) in [5, 5.41) is 17.8. The summed E-state index contributed by atoms with van der Waals surface area (Å²) >= 11 is 0. The van der Waals surface area contributed by atoms with E-state index in [0.717, 1.165) is 38.8 Å². The van der Waals surface area contributed by atoms with Gasteiger partial charge in [0.2, 0.25) is 0 Å². The smallest absolute Gasteiger partial charge is 0.0847 e. The van der Waals surface area contributed by atoms with E-state index in [1.807, 2.05) is 13.3 Å². The van der Waals surface area contributed by atoms with Crippen molar-refractivity contribution in [3.05, 3.63) is 17.5 Å². The van der Waals surface area contributed by atoms with Gasteiger partial charge in [0, 0.05) is 43.4 Å². The zero-order chi connectivity index (χ0) is 16.6. The number of nitrogens with one attached hydrogen (secondary N) is 1. The fourth-order valence-electron chi connectivity index (χ4n) is 5.37. The first-order valence-electron chi connectivity index (χ1n) is 9.71. The Balaban J connectivity index is 1.50. The van der Waals surface area contributed by atoms with E-state index in [9.17, 15) is 5.11 Å². The fraction of sp³-hybridized carbons (Fsp3) is 0.842. The highest BCUT2D eigenvalue weighted by Gasteiger charge is 2.50. The van der Waals surface area contributed by atoms with Crippen LogP contribution in [0.2, 0.25) is 0 Å². The Kier molecular flexibility index (Phi) is 4.67. The van der Waals surface area contributed by atoms with E-state index < -0.39 is 0 Å². The molecule has 1 aromatic rings. The standard InChI is InChI=1S/C19H31N3O2/c1-24-19-8-7-16(23)11-17(19)22(10-9-19)13-15-12-20-21-18(15)14-5-3-2-4-6-14/h12,14,16-17,23H,2-11,13H2,1H3,(H,20,21)/t16-,17-,19+/m0/s1. The summed E-state index contributed by atoms with van der Waals surface area (Å²) in [4.78, 5) is 2.53. The summed E-state index contributed by atoms with van der Waals surface area (Å²) in [5.74, 6) is 0.656. The second-order valence-corrected chi connectivity index (χ2v) is 8.08. The van der Waals surface area contributed by atoms with Crippen LogP contribution in [0, 0.1) is 0 Å². The van der Waals surface area contributed by atoms with Crippen LogP contribution in [-0.4, -0.2) is 51.6 Å². The quantitative estimate of drug-likeness (QED) is 0.889. The summed E-state index contributed by atoms with van der Waals surface area (Å²) in [6, 6.07) is 0.334. The normalized spacial score (nSPS) is 35.2. The molecule has 3 atom stereocenters. The molecule has 0 aromatic carbocycles. The summed E-state index contributed by atoms with van der Waals surface area (Å²) in [6.45, 7) is 1.99. The van der Waals surface area contributed by atoms with Crippen molar-refractivity contribution >= 4 is 0 Å². The average Bonchev–Trinajstić information content (AvgIpc) is 3.22. The van der Waals surface area contributed by atoms with E-state index in [2.05, 4.69) is 15.1 Å². The van der Waals surface area contributed by atoms with Crippen LogP contribution in [0.3, 0.4) is 0 Å². The molecule has 0 radical (unpaired) electrons. The molecule has 0 bridgehead atoms. The van der Waals surface area contributed by atoms with E-state index in [0.29, 0.717) is 12.0 Å². The van der Waals surface area contributed by atoms with Gasteiger partial charge in [-0.2, -0.15) is 5.10 Å². The highest BCUT2D eigenvalue weighted by atomic mass is 16.5. The summed E-state index contributed by atoms with van der Waals surface area (Å²) < 4.78 is 5.97. The summed E-state index contributed by atoms with van der Waals surface area (Å²) in [7, 11) is 1.85. The van der Waals surface area contributed by atoms with Crippen LogP contribution in [-0.2, 0) is 11.3 Å². The van der Waals surface area contributed by atoms with E-state index in [1.54, 1.807) is 0 Å². The van der Waals surface area contributed by atoms with Gasteiger partial charge in [-0.05, 0) is 38.5 Å². The molecule has 5 nitrogen and oxygen atoms in total. The average molecular weight is 333 g/mol. The molecular formula is C19H31N3O2. The minimum Gasteiger partial charge on any atom is -0.393 e. The van der Waals surface area contributed by atoms with Gasteiger partial charge in [0.25, 0.3) is 0 Å². The highest BCUT2D eigenvalue weighted by molar-refractivity contribution is 5.22. The lowest BCUT2D eigenvalue weighted by atomic mass is 9.79. The van der Waals surface area contributed by atoms with Gasteiger partial charge in [-0.1, -0.05) is 19.3 Å². The van der Waals surface area contributed by atoms with Gasteiger partial charge in [0.05, 0.1) is 17.9 Å². The third-order valence-electron chi connectivity index (χ3n) is 6.81. The van der Waals surface area contributed by atoms with E-state index >= 15 is 0 Å². The van der Waals surface area contributed by atoms with E-state index in [-0.39, 0.29) is 11.7 Å². The molecule has 134 valence electrons. The first-order chi connectivity index (χ1) is 11.7. The molecular weight excluding hydrogens is 302 g/mol. The van der Waals surface area contributed by atoms with Crippen molar-refractivity contribution in [1.29, 1.82) is 0 Å². The molecule has 3 aliphatic rings. The number of fused-ring (bicyclic) bond motifs is 1. The maximum Gasteiger partial charge on any atom is 0.0847 e. The van der Waals surface area contributed by atoms with Crippen LogP contribution in [0.15, 0.2) is 6.20 Å². The molecule has 24 heavy (non-hydrogen) atoms. The molecule has 0 spiro atoms. The van der Waals surface area contributed by atoms with Crippen LogP contribution < -0.4 is 0 Å². The SMILES string of the molecule is CO[C@@]12CC[C@H](O)C[C@@H]1N(Cc1cn[nH]c1C1CCCCC1)CC2. The number of aromatic nitrogens is 2. The lowest BCUT2D eigenvalue weighted by Crippen LogP contribution is -2.51. The maximum atomic E-state index is 10.2. The van der Waals surface area contributed by atoms with E-state index in [1.165, 1.54) is 43.4 Å². The van der Waals surface area contributed by atoms with E-state index in [4.69, 9.17) is 4.74 Å². The molecule has 1 saturated heterocycles. The number of methoxy groups -OCH3 is 1. The number of hydrogen-bond donors (Lipinski definition) is 2. The molecule has 3 fully saturated rings. The number of H-pyrrole nitrogens is 1. The van der Waals surface area contributed by atoms with Crippen molar-refractivity contribution in [2.75, 3.05) is 13.7 Å². The lowest BCUT2D eigenvalue weighted by molar-refractivity contribution is -0.0879. The van der Waals surface area contributed by atoms with Crippen molar-refractivity contribution in [2.45, 2.75) is 88.0 Å². The van der Waals surface area contributed by atoms with Crippen LogP contribution in [0.1, 0.15) is 75.0 Å². The Hall–Kier alpha value is -0.910. The number of ether oxygens (including phenoxy) is 1. The van der Waals surface area contributed by atoms with Gasteiger partial charge in [0.15, 0.2) is 0 Å². The third kappa shape index (κ3) is 2.91. The monoisotopic (exact) mass is 333 g/mol. The van der Waals surface area contributed by atoms with Crippen molar-refractivity contribution in [1.82, 2.24) is 15.1 Å². The number of aromatic amines is 1. The number of nitrogens with zero attached hydrogens (tertiary/aromatic N) is 2. The van der Waals surface area contributed by atoms with Crippen LogP contribution in [0.5, 0.6) is 0 Å². The Labute approximate surface area is 144 Å². The molecule has 2 N–H and O–H groups in total. The molecule has 4 rings (SSSR count). The number of aliphatic hydroxyl groups excluding tert-OH is 1. The zero-order valence-electron chi connectivity index (χ0n) is 14.8. The van der Waals surface area contributed by atoms with Crippen molar-refractivity contribution in [3.8, 4) is 0 Å². The molecule has 5 heteroatoms. The van der Waals surface area contributed by atoms with Gasteiger partial charge in [-0.3, -0.25) is 10.00 Å². The number of likely N-dealkylation sites (tertiary alicyclic amines) is 1. The topological polar surface area (TPSA) is 61.4 Å². The Morgan fingerprint density at radius 3 is 2.92 bits per heavy atom. The van der Waals surface area contributed by atoms with Gasteiger partial charge in [-0.15, -0.1) is 0 Å². The minimum absolute atomic E-state index is 0.0477. The van der Waals surface area contributed by atoms with Crippen LogP contribution in [0.25, 0.3) is 0 Å². The Morgan fingerprint density at radius 2 is 2.12 bits per heavy atom. The highest BCUT2D eigenvalue weighted by Crippen LogP contribution is 2.43. The van der Waals surface area contributed by atoms with Gasteiger partial charge >= 0.3 is 0 Å². The predicted octanol–water partition coefficient (Wildman–Crippen LogP) is 2.96. The molecule has 1 aromatic heterocycles. The summed E-state index contributed by atoms with van der Waals surface area (Å²) in [5.41, 5.74) is 2.67. The van der Waals surface area contributed by atoms with Crippen LogP contribution in [0.4, 0.5) is 0 Å². The molecule has 2 heterocycles. The largest absolute Gasteiger partial charge is 0.393 e. The molecule has 0 amide bonds. The van der Waals surface area contributed by atoms with Crippen molar-refractivity contribution in [2.24, 2.45) is 0 Å². The second kappa shape index (κ2) is 6.77. The number of hydrogen-bond acceptors (Lipinski definition) is 4. The zero-order valence-corrected chi connectivity index (χ0v) is 14.8. The lowest BCUT2D eigenvalue weighted by Gasteiger charge is -2.42. The second-order valence-electron chi connectivity index (χ2n) is 8.08. The third-order valence-corrected chi connectivity index (χ3v) is 6.81. The van der Waals surface area contributed by atoms with Gasteiger partial charge < -0.3 is 9.84 Å². The first-order valence-corrected chi connectivity index (χ1v) is 9.71. The molecule has 2 saturated carbocycles. The fourth-order valence-corrected chi connectivity index (χ4v) is 5.37. The molecule has 1 aliphatic heterocycles. The maximum absolute atomic E-state index is 10.2. The number of aliphatic hydroxyl groups is 1. The van der Waals surface area contributed by atoms with Crippen molar-refractivity contribution in [3.63, 3.8) is 0 Å². The predicted molar refractivity (Wildman–Crippen MR) is 92.8 cm³/mol. The Morgan fingerprint density at radius 1 is 1.29 bits per heavy atom. The molecule has 0 unspecified atom stereocenters.